The number of nitriles is 1. The molecule has 0 atom stereocenters. The number of hydrogen-bond donors (Lipinski definition) is 1. The first-order valence-electron chi connectivity index (χ1n) is 8.41. The van der Waals surface area contributed by atoms with Gasteiger partial charge in [-0.1, -0.05) is 17.7 Å². The summed E-state index contributed by atoms with van der Waals surface area (Å²) in [6, 6.07) is 16.0. The van der Waals surface area contributed by atoms with E-state index in [1.54, 1.807) is 42.5 Å². The highest BCUT2D eigenvalue weighted by atomic mass is 35.5. The lowest BCUT2D eigenvalue weighted by molar-refractivity contribution is -0.384. The third-order valence-corrected chi connectivity index (χ3v) is 4.48. The Morgan fingerprint density at radius 1 is 1.21 bits per heavy atom. The van der Waals surface area contributed by atoms with Crippen LogP contribution in [0.15, 0.2) is 64.6 Å². The Morgan fingerprint density at radius 2 is 1.93 bits per heavy atom. The summed E-state index contributed by atoms with van der Waals surface area (Å²) in [5.74, 6) is 0.154. The van der Waals surface area contributed by atoms with Gasteiger partial charge in [-0.2, -0.15) is 5.26 Å². The summed E-state index contributed by atoms with van der Waals surface area (Å²) in [6.07, 6.45) is 1.32. The van der Waals surface area contributed by atoms with E-state index >= 15 is 0 Å². The van der Waals surface area contributed by atoms with E-state index in [-0.39, 0.29) is 11.3 Å². The molecule has 29 heavy (non-hydrogen) atoms. The zero-order valence-electron chi connectivity index (χ0n) is 15.2. The molecule has 0 unspecified atom stereocenters. The molecule has 0 spiro atoms. The van der Waals surface area contributed by atoms with Gasteiger partial charge in [-0.15, -0.1) is 0 Å². The Bertz CT molecular complexity index is 1160. The number of nitrogens with one attached hydrogen (secondary N) is 1. The van der Waals surface area contributed by atoms with Crippen LogP contribution in [0.1, 0.15) is 11.3 Å². The second-order valence-electron chi connectivity index (χ2n) is 6.09. The van der Waals surface area contributed by atoms with Crippen molar-refractivity contribution in [2.45, 2.75) is 6.92 Å². The Labute approximate surface area is 171 Å². The molecule has 0 aliphatic heterocycles. The van der Waals surface area contributed by atoms with Crippen LogP contribution >= 0.6 is 11.6 Å². The Balaban J connectivity index is 1.78. The van der Waals surface area contributed by atoms with Crippen molar-refractivity contribution >= 4 is 35.0 Å². The average molecular weight is 408 g/mol. The number of carbonyl (C=O) groups is 1. The van der Waals surface area contributed by atoms with Gasteiger partial charge in [0.2, 0.25) is 0 Å². The summed E-state index contributed by atoms with van der Waals surface area (Å²) in [7, 11) is 0. The molecular weight excluding hydrogens is 394 g/mol. The molecule has 0 saturated heterocycles. The zero-order chi connectivity index (χ0) is 21.0. The summed E-state index contributed by atoms with van der Waals surface area (Å²) < 4.78 is 5.64. The van der Waals surface area contributed by atoms with Crippen LogP contribution in [0.3, 0.4) is 0 Å². The fraction of sp³-hybridized carbons (Fsp3) is 0.0476. The van der Waals surface area contributed by atoms with E-state index in [9.17, 15) is 20.2 Å². The molecule has 144 valence electrons. The number of benzene rings is 2. The van der Waals surface area contributed by atoms with Crippen LogP contribution in [-0.2, 0) is 4.79 Å². The molecule has 0 aliphatic rings. The molecule has 0 radical (unpaired) electrons. The van der Waals surface area contributed by atoms with Crippen molar-refractivity contribution < 1.29 is 14.1 Å². The fourth-order valence-electron chi connectivity index (χ4n) is 2.49. The predicted octanol–water partition coefficient (Wildman–Crippen LogP) is 5.36. The molecule has 1 N–H and O–H groups in total. The second kappa shape index (κ2) is 8.42. The van der Waals surface area contributed by atoms with Crippen molar-refractivity contribution in [3.8, 4) is 17.4 Å². The molecule has 3 aromatic rings. The summed E-state index contributed by atoms with van der Waals surface area (Å²) in [4.78, 5) is 22.6. The number of non-ortho nitro benzene ring substituents is 1. The van der Waals surface area contributed by atoms with Gasteiger partial charge >= 0.3 is 0 Å². The van der Waals surface area contributed by atoms with Crippen LogP contribution in [0.5, 0.6) is 0 Å². The summed E-state index contributed by atoms with van der Waals surface area (Å²) >= 11 is 6.05. The smallest absolute Gasteiger partial charge is 0.269 e. The van der Waals surface area contributed by atoms with Gasteiger partial charge in [0.15, 0.2) is 0 Å². The van der Waals surface area contributed by atoms with Crippen LogP contribution in [0.2, 0.25) is 5.02 Å². The molecule has 1 aromatic heterocycles. The van der Waals surface area contributed by atoms with Gasteiger partial charge in [0.05, 0.1) is 4.92 Å². The van der Waals surface area contributed by atoms with Crippen molar-refractivity contribution in [2.24, 2.45) is 0 Å². The number of amides is 1. The summed E-state index contributed by atoms with van der Waals surface area (Å²) in [5, 5.41) is 23.2. The monoisotopic (exact) mass is 407 g/mol. The van der Waals surface area contributed by atoms with Gasteiger partial charge in [0, 0.05) is 34.5 Å². The number of aryl methyl sites for hydroxylation is 1. The van der Waals surface area contributed by atoms with Crippen molar-refractivity contribution in [3.63, 3.8) is 0 Å². The van der Waals surface area contributed by atoms with Crippen molar-refractivity contribution in [1.29, 1.82) is 5.26 Å². The molecule has 1 amide bonds. The van der Waals surface area contributed by atoms with E-state index in [2.05, 4.69) is 5.32 Å². The number of nitro groups is 1. The lowest BCUT2D eigenvalue weighted by Gasteiger charge is -2.06. The maximum absolute atomic E-state index is 12.4. The molecule has 3 rings (SSSR count). The molecule has 0 aliphatic carbocycles. The van der Waals surface area contributed by atoms with Gasteiger partial charge in [0.1, 0.15) is 23.2 Å². The molecule has 0 fully saturated rings. The zero-order valence-corrected chi connectivity index (χ0v) is 15.9. The lowest BCUT2D eigenvalue weighted by atomic mass is 10.1. The summed E-state index contributed by atoms with van der Waals surface area (Å²) in [5.41, 5.74) is 1.80. The molecule has 8 heteroatoms. The topological polar surface area (TPSA) is 109 Å². The number of anilines is 1. The lowest BCUT2D eigenvalue weighted by Crippen LogP contribution is -2.13. The minimum absolute atomic E-state index is 0.0277. The molecule has 1 heterocycles. The fourth-order valence-corrected chi connectivity index (χ4v) is 2.67. The van der Waals surface area contributed by atoms with E-state index in [0.29, 0.717) is 27.8 Å². The van der Waals surface area contributed by atoms with Crippen molar-refractivity contribution in [1.82, 2.24) is 0 Å². The first-order valence-corrected chi connectivity index (χ1v) is 8.79. The molecule has 2 aromatic carbocycles. The van der Waals surface area contributed by atoms with E-state index < -0.39 is 10.8 Å². The van der Waals surface area contributed by atoms with Crippen LogP contribution < -0.4 is 5.32 Å². The molecule has 0 bridgehead atoms. The maximum Gasteiger partial charge on any atom is 0.269 e. The molecule has 7 nitrogen and oxygen atoms in total. The number of rotatable bonds is 5. The average Bonchev–Trinajstić information content (AvgIpc) is 3.17. The van der Waals surface area contributed by atoms with Gasteiger partial charge in [-0.05, 0) is 48.9 Å². The summed E-state index contributed by atoms with van der Waals surface area (Å²) in [6.45, 7) is 1.84. The van der Waals surface area contributed by atoms with Crippen LogP contribution in [0, 0.1) is 28.4 Å². The maximum atomic E-state index is 12.4. The highest BCUT2D eigenvalue weighted by Crippen LogP contribution is 2.26. The second-order valence-corrected chi connectivity index (χ2v) is 6.50. The molecular formula is C21H14ClN3O4. The van der Waals surface area contributed by atoms with Gasteiger partial charge in [-0.25, -0.2) is 0 Å². The number of halogens is 1. The number of nitro benzene ring substituents is 1. The van der Waals surface area contributed by atoms with E-state index in [0.717, 1.165) is 5.56 Å². The van der Waals surface area contributed by atoms with Crippen LogP contribution in [0.4, 0.5) is 11.4 Å². The third-order valence-electron chi connectivity index (χ3n) is 4.07. The van der Waals surface area contributed by atoms with Gasteiger partial charge in [0.25, 0.3) is 11.6 Å². The first-order chi connectivity index (χ1) is 13.9. The molecule has 0 saturated carbocycles. The number of carbonyl (C=O) groups excluding carboxylic acids is 1. The quantitative estimate of drug-likeness (QED) is 0.265. The van der Waals surface area contributed by atoms with E-state index in [1.807, 2.05) is 13.0 Å². The van der Waals surface area contributed by atoms with E-state index in [4.69, 9.17) is 16.0 Å². The standard InChI is InChI=1S/C21H14ClN3O4/c1-13-2-5-16(11-19(13)22)24-21(26)15(12-23)10-18-8-9-20(29-18)14-3-6-17(7-4-14)25(27)28/h2-11H,1H3,(H,24,26)/b15-10+. The Hall–Kier alpha value is -3.89. The first kappa shape index (κ1) is 19.9. The minimum atomic E-state index is -0.597. The van der Waals surface area contributed by atoms with Gasteiger partial charge in [-0.3, -0.25) is 14.9 Å². The SMILES string of the molecule is Cc1ccc(NC(=O)/C(C#N)=C/c2ccc(-c3ccc([N+](=O)[O-])cc3)o2)cc1Cl. The number of hydrogen-bond acceptors (Lipinski definition) is 5. The van der Waals surface area contributed by atoms with Crippen molar-refractivity contribution in [2.75, 3.05) is 5.32 Å². The van der Waals surface area contributed by atoms with Gasteiger partial charge < -0.3 is 9.73 Å². The number of nitrogens with zero attached hydrogens (tertiary/aromatic N) is 2. The largest absolute Gasteiger partial charge is 0.457 e. The highest BCUT2D eigenvalue weighted by Gasteiger charge is 2.13. The highest BCUT2D eigenvalue weighted by molar-refractivity contribution is 6.31. The Morgan fingerprint density at radius 3 is 2.55 bits per heavy atom. The van der Waals surface area contributed by atoms with Crippen molar-refractivity contribution in [3.05, 3.63) is 86.6 Å². The predicted molar refractivity (Wildman–Crippen MR) is 109 cm³/mol. The normalized spacial score (nSPS) is 11.0. The van der Waals surface area contributed by atoms with E-state index in [1.165, 1.54) is 18.2 Å². The number of furan rings is 1. The third kappa shape index (κ3) is 4.69. The van der Waals surface area contributed by atoms with Crippen LogP contribution in [-0.4, -0.2) is 10.8 Å². The van der Waals surface area contributed by atoms with Crippen LogP contribution in [0.25, 0.3) is 17.4 Å². The minimum Gasteiger partial charge on any atom is -0.457 e. The Kier molecular flexibility index (Phi) is 5.77.